The van der Waals surface area contributed by atoms with Gasteiger partial charge in [-0.3, -0.25) is 4.79 Å². The van der Waals surface area contributed by atoms with Gasteiger partial charge in [0.25, 0.3) is 0 Å². The molecule has 5 nitrogen and oxygen atoms in total. The van der Waals surface area contributed by atoms with Crippen molar-refractivity contribution in [3.05, 3.63) is 65.9 Å². The highest BCUT2D eigenvalue weighted by Gasteiger charge is 2.37. The summed E-state index contributed by atoms with van der Waals surface area (Å²) in [6.07, 6.45) is 1.62. The fourth-order valence-corrected chi connectivity index (χ4v) is 3.78. The van der Waals surface area contributed by atoms with Gasteiger partial charge >= 0.3 is 0 Å². The van der Waals surface area contributed by atoms with Crippen LogP contribution in [0.3, 0.4) is 0 Å². The molecule has 0 atom stereocenters. The molecule has 0 saturated heterocycles. The van der Waals surface area contributed by atoms with Crippen molar-refractivity contribution in [1.29, 1.82) is 0 Å². The summed E-state index contributed by atoms with van der Waals surface area (Å²) in [7, 11) is 1.64. The molecule has 5 heteroatoms. The van der Waals surface area contributed by atoms with E-state index in [0.717, 1.165) is 28.3 Å². The number of ether oxygens (including phenoxy) is 1. The molecule has 0 aliphatic heterocycles. The summed E-state index contributed by atoms with van der Waals surface area (Å²) in [4.78, 5) is 11.7. The maximum atomic E-state index is 11.7. The summed E-state index contributed by atoms with van der Waals surface area (Å²) in [6, 6.07) is 17.8. The van der Waals surface area contributed by atoms with Gasteiger partial charge in [-0.1, -0.05) is 24.3 Å². The molecule has 1 saturated carbocycles. The Morgan fingerprint density at radius 3 is 2.39 bits per heavy atom. The molecule has 0 radical (unpaired) electrons. The van der Waals surface area contributed by atoms with Crippen LogP contribution in [0.4, 0.5) is 0 Å². The lowest BCUT2D eigenvalue weighted by atomic mass is 9.82. The van der Waals surface area contributed by atoms with E-state index in [1.165, 1.54) is 0 Å². The van der Waals surface area contributed by atoms with Crippen LogP contribution in [-0.2, 0) is 10.4 Å². The number of hydrogen-bond donors (Lipinski definition) is 1. The normalized spacial score (nSPS) is 16.2. The molecular formula is C23H24N2O3. The minimum absolute atomic E-state index is 0.207. The number of methoxy groups -OCH3 is 1. The van der Waals surface area contributed by atoms with Crippen molar-refractivity contribution < 1.29 is 14.6 Å². The van der Waals surface area contributed by atoms with Gasteiger partial charge in [0.05, 0.1) is 24.2 Å². The molecule has 28 heavy (non-hydrogen) atoms. The number of hydrogen-bond acceptors (Lipinski definition) is 4. The Kier molecular flexibility index (Phi) is 4.77. The zero-order valence-corrected chi connectivity index (χ0v) is 16.2. The molecule has 1 N–H and O–H groups in total. The Hall–Kier alpha value is -2.92. The summed E-state index contributed by atoms with van der Waals surface area (Å²) < 4.78 is 7.13. The number of benzene rings is 2. The molecule has 0 bridgehead atoms. The van der Waals surface area contributed by atoms with E-state index in [0.29, 0.717) is 31.4 Å². The summed E-state index contributed by atoms with van der Waals surface area (Å²) in [5, 5.41) is 16.0. The first kappa shape index (κ1) is 18.4. The van der Waals surface area contributed by atoms with Gasteiger partial charge < -0.3 is 9.84 Å². The molecular weight excluding hydrogens is 352 g/mol. The molecule has 3 aromatic rings. The molecule has 1 fully saturated rings. The van der Waals surface area contributed by atoms with E-state index in [1.807, 2.05) is 47.1 Å². The van der Waals surface area contributed by atoms with Gasteiger partial charge in [0.15, 0.2) is 0 Å². The third-order valence-corrected chi connectivity index (χ3v) is 5.56. The molecule has 0 amide bonds. The Morgan fingerprint density at radius 2 is 1.75 bits per heavy atom. The minimum Gasteiger partial charge on any atom is -0.497 e. The van der Waals surface area contributed by atoms with Crippen LogP contribution in [0.5, 0.6) is 5.75 Å². The summed E-state index contributed by atoms with van der Waals surface area (Å²) >= 11 is 0. The molecule has 1 heterocycles. The van der Waals surface area contributed by atoms with Crippen molar-refractivity contribution >= 4 is 5.78 Å². The lowest BCUT2D eigenvalue weighted by Crippen LogP contribution is -2.32. The largest absolute Gasteiger partial charge is 0.497 e. The molecule has 1 aromatic heterocycles. The lowest BCUT2D eigenvalue weighted by molar-refractivity contribution is -0.125. The van der Waals surface area contributed by atoms with Crippen molar-refractivity contribution in [3.8, 4) is 22.7 Å². The average molecular weight is 376 g/mol. The highest BCUT2D eigenvalue weighted by Crippen LogP contribution is 2.38. The van der Waals surface area contributed by atoms with Gasteiger partial charge in [0.2, 0.25) is 0 Å². The maximum absolute atomic E-state index is 11.7. The van der Waals surface area contributed by atoms with E-state index >= 15 is 0 Å². The first-order valence-electron chi connectivity index (χ1n) is 9.55. The Bertz CT molecular complexity index is 995. The molecule has 0 unspecified atom stereocenters. The zero-order valence-electron chi connectivity index (χ0n) is 16.2. The Labute approximate surface area is 164 Å². The number of nitrogens with zero attached hydrogens (tertiary/aromatic N) is 2. The standard InChI is InChI=1S/C23H24N2O3/c1-16-5-3-4-6-20(16)21-15-22(23(27)13-11-18(26)12-14-23)24-25(21)17-7-9-19(28-2)10-8-17/h3-10,15,27H,11-14H2,1-2H3. The molecule has 1 aliphatic carbocycles. The predicted molar refractivity (Wildman–Crippen MR) is 108 cm³/mol. The fraction of sp³-hybridized carbons (Fsp3) is 0.304. The fourth-order valence-electron chi connectivity index (χ4n) is 3.78. The SMILES string of the molecule is COc1ccc(-n2nc(C3(O)CCC(=O)CC3)cc2-c2ccccc2C)cc1. The summed E-state index contributed by atoms with van der Waals surface area (Å²) in [6.45, 7) is 2.06. The van der Waals surface area contributed by atoms with E-state index in [4.69, 9.17) is 9.84 Å². The van der Waals surface area contributed by atoms with Crippen LogP contribution in [-0.4, -0.2) is 27.8 Å². The van der Waals surface area contributed by atoms with Gasteiger partial charge in [0.1, 0.15) is 17.1 Å². The van der Waals surface area contributed by atoms with Gasteiger partial charge in [-0.15, -0.1) is 0 Å². The number of ketones is 1. The third-order valence-electron chi connectivity index (χ3n) is 5.56. The van der Waals surface area contributed by atoms with Gasteiger partial charge in [0, 0.05) is 18.4 Å². The van der Waals surface area contributed by atoms with Crippen LogP contribution in [0.2, 0.25) is 0 Å². The smallest absolute Gasteiger partial charge is 0.133 e. The summed E-state index contributed by atoms with van der Waals surface area (Å²) in [5.41, 5.74) is 3.56. The van der Waals surface area contributed by atoms with E-state index in [1.54, 1.807) is 7.11 Å². The average Bonchev–Trinajstić information content (AvgIpc) is 3.17. The van der Waals surface area contributed by atoms with Crippen molar-refractivity contribution in [1.82, 2.24) is 9.78 Å². The van der Waals surface area contributed by atoms with Crippen molar-refractivity contribution in [2.24, 2.45) is 0 Å². The molecule has 0 spiro atoms. The number of carbonyl (C=O) groups excluding carboxylic acids is 1. The van der Waals surface area contributed by atoms with Crippen molar-refractivity contribution in [2.75, 3.05) is 7.11 Å². The summed E-state index contributed by atoms with van der Waals surface area (Å²) in [5.74, 6) is 0.983. The van der Waals surface area contributed by atoms with Crippen LogP contribution >= 0.6 is 0 Å². The van der Waals surface area contributed by atoms with Crippen molar-refractivity contribution in [2.45, 2.75) is 38.2 Å². The lowest BCUT2D eigenvalue weighted by Gasteiger charge is -2.29. The first-order valence-corrected chi connectivity index (χ1v) is 9.55. The minimum atomic E-state index is -1.07. The first-order chi connectivity index (χ1) is 13.5. The molecule has 144 valence electrons. The second kappa shape index (κ2) is 7.24. The Balaban J connectivity index is 1.84. The van der Waals surface area contributed by atoms with Crippen molar-refractivity contribution in [3.63, 3.8) is 0 Å². The number of aliphatic hydroxyl groups is 1. The van der Waals surface area contributed by atoms with E-state index in [2.05, 4.69) is 19.1 Å². The number of Topliss-reactive ketones (excluding diaryl/α,β-unsaturated/α-hetero) is 1. The maximum Gasteiger partial charge on any atom is 0.133 e. The van der Waals surface area contributed by atoms with Crippen LogP contribution < -0.4 is 4.74 Å². The number of carbonyl (C=O) groups is 1. The van der Waals surface area contributed by atoms with E-state index < -0.39 is 5.60 Å². The topological polar surface area (TPSA) is 64.3 Å². The van der Waals surface area contributed by atoms with Crippen LogP contribution in [0.1, 0.15) is 36.9 Å². The third kappa shape index (κ3) is 3.34. The van der Waals surface area contributed by atoms with Gasteiger partial charge in [-0.05, 0) is 55.7 Å². The van der Waals surface area contributed by atoms with E-state index in [9.17, 15) is 9.90 Å². The van der Waals surface area contributed by atoms with Gasteiger partial charge in [-0.2, -0.15) is 5.10 Å². The van der Waals surface area contributed by atoms with Crippen LogP contribution in [0.25, 0.3) is 16.9 Å². The van der Waals surface area contributed by atoms with Gasteiger partial charge in [-0.25, -0.2) is 4.68 Å². The zero-order chi connectivity index (χ0) is 19.7. The predicted octanol–water partition coefficient (Wildman–Crippen LogP) is 4.19. The molecule has 1 aliphatic rings. The van der Waals surface area contributed by atoms with E-state index in [-0.39, 0.29) is 5.78 Å². The number of aryl methyl sites for hydroxylation is 1. The monoisotopic (exact) mass is 376 g/mol. The second-order valence-corrected chi connectivity index (χ2v) is 7.41. The molecule has 2 aromatic carbocycles. The Morgan fingerprint density at radius 1 is 1.07 bits per heavy atom. The van der Waals surface area contributed by atoms with Crippen LogP contribution in [0, 0.1) is 6.92 Å². The highest BCUT2D eigenvalue weighted by atomic mass is 16.5. The number of aromatic nitrogens is 2. The second-order valence-electron chi connectivity index (χ2n) is 7.41. The quantitative estimate of drug-likeness (QED) is 0.742. The highest BCUT2D eigenvalue weighted by molar-refractivity contribution is 5.79. The number of rotatable bonds is 4. The van der Waals surface area contributed by atoms with Crippen LogP contribution in [0.15, 0.2) is 54.6 Å². The molecule has 4 rings (SSSR count).